The lowest BCUT2D eigenvalue weighted by Crippen LogP contribution is -2.36. The first-order chi connectivity index (χ1) is 9.24. The highest BCUT2D eigenvalue weighted by atomic mass is 16.2. The number of para-hydroxylation sites is 1. The van der Waals surface area contributed by atoms with Gasteiger partial charge in [0, 0.05) is 25.5 Å². The summed E-state index contributed by atoms with van der Waals surface area (Å²) in [6.07, 6.45) is 0.878. The van der Waals surface area contributed by atoms with Crippen molar-refractivity contribution in [2.24, 2.45) is 0 Å². The number of pyridine rings is 1. The van der Waals surface area contributed by atoms with Crippen LogP contribution in [0, 0.1) is 0 Å². The van der Waals surface area contributed by atoms with Gasteiger partial charge >= 0.3 is 0 Å². The minimum absolute atomic E-state index is 0.0572. The number of carbonyl (C=O) groups excluding carboxylic acids is 1. The lowest BCUT2D eigenvalue weighted by molar-refractivity contribution is -0.128. The Kier molecular flexibility index (Phi) is 3.17. The molecular weight excluding hydrogens is 238 g/mol. The van der Waals surface area contributed by atoms with Crippen molar-refractivity contribution in [3.8, 4) is 0 Å². The molecule has 1 N–H and O–H groups in total. The third-order valence-corrected chi connectivity index (χ3v) is 3.61. The second-order valence-corrected chi connectivity index (χ2v) is 4.98. The summed E-state index contributed by atoms with van der Waals surface area (Å²) < 4.78 is 0. The number of hydrogen-bond acceptors (Lipinski definition) is 3. The van der Waals surface area contributed by atoms with E-state index in [9.17, 15) is 4.79 Å². The van der Waals surface area contributed by atoms with Crippen LogP contribution in [0.2, 0.25) is 0 Å². The number of aromatic nitrogens is 1. The van der Waals surface area contributed by atoms with Crippen molar-refractivity contribution in [3.05, 3.63) is 42.1 Å². The number of likely N-dealkylation sites (N-methyl/N-ethyl adjacent to an activating group) is 1. The largest absolute Gasteiger partial charge is 0.344 e. The molecule has 1 aliphatic heterocycles. The van der Waals surface area contributed by atoms with E-state index in [1.807, 2.05) is 31.3 Å². The highest BCUT2D eigenvalue weighted by molar-refractivity contribution is 5.83. The molecule has 1 aromatic heterocycles. The smallest absolute Gasteiger partial charge is 0.239 e. The monoisotopic (exact) mass is 255 g/mol. The lowest BCUT2D eigenvalue weighted by atomic mass is 10.2. The van der Waals surface area contributed by atoms with Gasteiger partial charge in [0.25, 0.3) is 0 Å². The molecule has 0 aliphatic carbocycles. The fraction of sp³-hybridized carbons (Fsp3) is 0.333. The molecule has 0 spiro atoms. The van der Waals surface area contributed by atoms with Crippen molar-refractivity contribution in [1.29, 1.82) is 0 Å². The van der Waals surface area contributed by atoms with E-state index in [2.05, 4.69) is 22.4 Å². The summed E-state index contributed by atoms with van der Waals surface area (Å²) in [6.45, 7) is 1.47. The number of hydrogen-bond donors (Lipinski definition) is 1. The number of benzene rings is 1. The minimum atomic E-state index is -0.0572. The number of carbonyl (C=O) groups is 1. The van der Waals surface area contributed by atoms with Gasteiger partial charge in [-0.15, -0.1) is 0 Å². The molecule has 4 heteroatoms. The van der Waals surface area contributed by atoms with Gasteiger partial charge in [0.05, 0.1) is 17.3 Å². The van der Waals surface area contributed by atoms with Crippen LogP contribution in [0.3, 0.4) is 0 Å². The first-order valence-corrected chi connectivity index (χ1v) is 6.57. The summed E-state index contributed by atoms with van der Waals surface area (Å²) in [4.78, 5) is 18.1. The molecule has 2 heterocycles. The summed E-state index contributed by atoms with van der Waals surface area (Å²) in [5.74, 6) is 0.181. The normalized spacial score (nSPS) is 19.3. The standard InChI is InChI=1S/C15H17N3O/c1-18-9-8-14(15(18)19)16-10-12-7-6-11-4-2-3-5-13(11)17-12/h2-7,14,16H,8-10H2,1H3. The molecule has 1 atom stereocenters. The van der Waals surface area contributed by atoms with Crippen molar-refractivity contribution in [3.63, 3.8) is 0 Å². The Hall–Kier alpha value is -1.94. The second kappa shape index (κ2) is 4.97. The summed E-state index contributed by atoms with van der Waals surface area (Å²) in [5, 5.41) is 4.43. The summed E-state index contributed by atoms with van der Waals surface area (Å²) in [7, 11) is 1.85. The van der Waals surface area contributed by atoms with E-state index in [1.54, 1.807) is 4.90 Å². The molecule has 0 saturated carbocycles. The lowest BCUT2D eigenvalue weighted by Gasteiger charge is -2.12. The van der Waals surface area contributed by atoms with Crippen LogP contribution in [0.15, 0.2) is 36.4 Å². The summed E-state index contributed by atoms with van der Waals surface area (Å²) in [6, 6.07) is 12.1. The van der Waals surface area contributed by atoms with Gasteiger partial charge in [0.2, 0.25) is 5.91 Å². The summed E-state index contributed by atoms with van der Waals surface area (Å²) in [5.41, 5.74) is 1.97. The van der Waals surface area contributed by atoms with Gasteiger partial charge in [-0.25, -0.2) is 0 Å². The van der Waals surface area contributed by atoms with E-state index in [0.29, 0.717) is 6.54 Å². The molecule has 1 unspecified atom stereocenters. The Balaban J connectivity index is 1.70. The van der Waals surface area contributed by atoms with Crippen LogP contribution in [0.5, 0.6) is 0 Å². The van der Waals surface area contributed by atoms with E-state index >= 15 is 0 Å². The van der Waals surface area contributed by atoms with E-state index in [4.69, 9.17) is 0 Å². The highest BCUT2D eigenvalue weighted by Crippen LogP contribution is 2.13. The first kappa shape index (κ1) is 12.1. The van der Waals surface area contributed by atoms with Crippen LogP contribution < -0.4 is 5.32 Å². The van der Waals surface area contributed by atoms with E-state index in [-0.39, 0.29) is 11.9 Å². The molecule has 1 aliphatic rings. The molecule has 0 radical (unpaired) electrons. The Bertz CT molecular complexity index is 611. The molecule has 2 aromatic rings. The molecule has 4 nitrogen and oxygen atoms in total. The van der Waals surface area contributed by atoms with E-state index in [0.717, 1.165) is 29.6 Å². The number of amides is 1. The molecule has 1 amide bonds. The molecular formula is C15H17N3O. The molecule has 1 fully saturated rings. The Morgan fingerprint density at radius 1 is 1.32 bits per heavy atom. The minimum Gasteiger partial charge on any atom is -0.344 e. The van der Waals surface area contributed by atoms with Gasteiger partial charge in [-0.05, 0) is 18.6 Å². The molecule has 3 rings (SSSR count). The van der Waals surface area contributed by atoms with Gasteiger partial charge in [-0.1, -0.05) is 24.3 Å². The van der Waals surface area contributed by atoms with Gasteiger partial charge in [0.1, 0.15) is 0 Å². The van der Waals surface area contributed by atoms with Gasteiger partial charge in [-0.3, -0.25) is 9.78 Å². The molecule has 19 heavy (non-hydrogen) atoms. The summed E-state index contributed by atoms with van der Waals surface area (Å²) >= 11 is 0. The number of nitrogens with zero attached hydrogens (tertiary/aromatic N) is 2. The van der Waals surface area contributed by atoms with Crippen molar-refractivity contribution in [2.75, 3.05) is 13.6 Å². The fourth-order valence-corrected chi connectivity index (χ4v) is 2.45. The Morgan fingerprint density at radius 2 is 2.16 bits per heavy atom. The van der Waals surface area contributed by atoms with E-state index < -0.39 is 0 Å². The van der Waals surface area contributed by atoms with Crippen molar-refractivity contribution in [1.82, 2.24) is 15.2 Å². The maximum atomic E-state index is 11.8. The van der Waals surface area contributed by atoms with Crippen LogP contribution in [0.1, 0.15) is 12.1 Å². The van der Waals surface area contributed by atoms with Crippen molar-refractivity contribution in [2.45, 2.75) is 19.0 Å². The topological polar surface area (TPSA) is 45.2 Å². The van der Waals surface area contributed by atoms with Crippen LogP contribution in [-0.2, 0) is 11.3 Å². The molecule has 0 bridgehead atoms. The third kappa shape index (κ3) is 2.44. The zero-order valence-electron chi connectivity index (χ0n) is 11.0. The fourth-order valence-electron chi connectivity index (χ4n) is 2.45. The number of rotatable bonds is 3. The quantitative estimate of drug-likeness (QED) is 0.905. The molecule has 98 valence electrons. The number of nitrogens with one attached hydrogen (secondary N) is 1. The van der Waals surface area contributed by atoms with Crippen LogP contribution >= 0.6 is 0 Å². The maximum absolute atomic E-state index is 11.8. The zero-order chi connectivity index (χ0) is 13.2. The third-order valence-electron chi connectivity index (χ3n) is 3.61. The molecule has 1 saturated heterocycles. The highest BCUT2D eigenvalue weighted by Gasteiger charge is 2.28. The second-order valence-electron chi connectivity index (χ2n) is 4.98. The van der Waals surface area contributed by atoms with Gasteiger partial charge in [0.15, 0.2) is 0 Å². The molecule has 1 aromatic carbocycles. The van der Waals surface area contributed by atoms with Crippen LogP contribution in [0.4, 0.5) is 0 Å². The van der Waals surface area contributed by atoms with E-state index in [1.165, 1.54) is 0 Å². The van der Waals surface area contributed by atoms with Crippen LogP contribution in [0.25, 0.3) is 10.9 Å². The van der Waals surface area contributed by atoms with Gasteiger partial charge < -0.3 is 10.2 Å². The van der Waals surface area contributed by atoms with Gasteiger partial charge in [-0.2, -0.15) is 0 Å². The maximum Gasteiger partial charge on any atom is 0.239 e. The van der Waals surface area contributed by atoms with Crippen LogP contribution in [-0.4, -0.2) is 35.4 Å². The Morgan fingerprint density at radius 3 is 2.95 bits per heavy atom. The average Bonchev–Trinajstić information content (AvgIpc) is 2.76. The average molecular weight is 255 g/mol. The van der Waals surface area contributed by atoms with Crippen molar-refractivity contribution >= 4 is 16.8 Å². The van der Waals surface area contributed by atoms with Crippen molar-refractivity contribution < 1.29 is 4.79 Å². The number of fused-ring (bicyclic) bond motifs is 1. The predicted molar refractivity (Wildman–Crippen MR) is 74.6 cm³/mol. The SMILES string of the molecule is CN1CCC(NCc2ccc3ccccc3n2)C1=O. The zero-order valence-corrected chi connectivity index (χ0v) is 11.0. The Labute approximate surface area is 112 Å². The first-order valence-electron chi connectivity index (χ1n) is 6.57. The predicted octanol–water partition coefficient (Wildman–Crippen LogP) is 1.56. The number of likely N-dealkylation sites (tertiary alicyclic amines) is 1.